The second-order valence-corrected chi connectivity index (χ2v) is 9.01. The van der Waals surface area contributed by atoms with E-state index in [1.807, 2.05) is 19.9 Å². The largest absolute Gasteiger partial charge is 0.494 e. The molecule has 1 aliphatic carbocycles. The topological polar surface area (TPSA) is 75.7 Å². The quantitative estimate of drug-likeness (QED) is 0.805. The predicted molar refractivity (Wildman–Crippen MR) is 108 cm³/mol. The Morgan fingerprint density at radius 1 is 1.21 bits per heavy atom. The molecule has 0 atom stereocenters. The third-order valence-electron chi connectivity index (χ3n) is 5.18. The summed E-state index contributed by atoms with van der Waals surface area (Å²) >= 11 is 0. The molecular formula is C21H24N2O4S. The lowest BCUT2D eigenvalue weighted by molar-refractivity contribution is -0.119. The standard InChI is InChI=1S/C21H24N2O4S/c1-3-27-20-9-8-18(12-14(20)2)28(25,26)22-17-7-6-15-10-11-23(19(15)13-17)21(24)16-4-5-16/h6-9,12-13,16,22H,3-5,10-11H2,1-2H3. The van der Waals surface area contributed by atoms with Gasteiger partial charge in [0, 0.05) is 18.2 Å². The second-order valence-electron chi connectivity index (χ2n) is 7.32. The number of nitrogens with one attached hydrogen (secondary N) is 1. The van der Waals surface area contributed by atoms with E-state index in [1.165, 1.54) is 6.07 Å². The van der Waals surface area contributed by atoms with Gasteiger partial charge >= 0.3 is 0 Å². The van der Waals surface area contributed by atoms with Crippen LogP contribution in [0.15, 0.2) is 41.3 Å². The van der Waals surface area contributed by atoms with Crippen LogP contribution >= 0.6 is 0 Å². The Hall–Kier alpha value is -2.54. The maximum Gasteiger partial charge on any atom is 0.261 e. The van der Waals surface area contributed by atoms with E-state index in [4.69, 9.17) is 4.74 Å². The number of carbonyl (C=O) groups is 1. The van der Waals surface area contributed by atoms with Crippen LogP contribution in [0.3, 0.4) is 0 Å². The van der Waals surface area contributed by atoms with Crippen LogP contribution < -0.4 is 14.4 Å². The van der Waals surface area contributed by atoms with Gasteiger partial charge in [0.25, 0.3) is 10.0 Å². The van der Waals surface area contributed by atoms with Crippen molar-refractivity contribution in [2.24, 2.45) is 5.92 Å². The van der Waals surface area contributed by atoms with Crippen molar-refractivity contribution in [3.05, 3.63) is 47.5 Å². The van der Waals surface area contributed by atoms with E-state index in [9.17, 15) is 13.2 Å². The van der Waals surface area contributed by atoms with Gasteiger partial charge in [0.2, 0.25) is 5.91 Å². The zero-order valence-electron chi connectivity index (χ0n) is 16.1. The van der Waals surface area contributed by atoms with Gasteiger partial charge < -0.3 is 9.64 Å². The van der Waals surface area contributed by atoms with Crippen molar-refractivity contribution in [3.63, 3.8) is 0 Å². The first-order valence-electron chi connectivity index (χ1n) is 9.59. The van der Waals surface area contributed by atoms with Gasteiger partial charge in [0.05, 0.1) is 17.2 Å². The molecule has 0 spiro atoms. The highest BCUT2D eigenvalue weighted by Crippen LogP contribution is 2.37. The van der Waals surface area contributed by atoms with E-state index >= 15 is 0 Å². The van der Waals surface area contributed by atoms with Gasteiger partial charge in [-0.1, -0.05) is 6.07 Å². The third kappa shape index (κ3) is 3.58. The minimum atomic E-state index is -3.74. The van der Waals surface area contributed by atoms with Gasteiger partial charge in [-0.25, -0.2) is 8.42 Å². The molecule has 2 aromatic carbocycles. The lowest BCUT2D eigenvalue weighted by atomic mass is 10.1. The third-order valence-corrected chi connectivity index (χ3v) is 6.56. The van der Waals surface area contributed by atoms with Crippen molar-refractivity contribution in [3.8, 4) is 5.75 Å². The van der Waals surface area contributed by atoms with Crippen molar-refractivity contribution in [1.29, 1.82) is 0 Å². The number of nitrogens with zero attached hydrogens (tertiary/aromatic N) is 1. The van der Waals surface area contributed by atoms with Gasteiger partial charge in [-0.3, -0.25) is 9.52 Å². The molecule has 0 radical (unpaired) electrons. The summed E-state index contributed by atoms with van der Waals surface area (Å²) in [7, 11) is -3.74. The molecule has 0 bridgehead atoms. The average molecular weight is 401 g/mol. The molecule has 0 unspecified atom stereocenters. The Labute approximate surface area is 165 Å². The van der Waals surface area contributed by atoms with Crippen LogP contribution in [-0.2, 0) is 21.2 Å². The number of aryl methyl sites for hydroxylation is 1. The number of carbonyl (C=O) groups excluding carboxylic acids is 1. The molecule has 1 amide bonds. The Kier molecular flexibility index (Phi) is 4.79. The van der Waals surface area contributed by atoms with Crippen LogP contribution in [0, 0.1) is 12.8 Å². The molecule has 1 heterocycles. The maximum absolute atomic E-state index is 12.8. The number of hydrogen-bond acceptors (Lipinski definition) is 4. The second kappa shape index (κ2) is 7.13. The number of ether oxygens (including phenoxy) is 1. The van der Waals surface area contributed by atoms with Crippen LogP contribution in [0.4, 0.5) is 11.4 Å². The highest BCUT2D eigenvalue weighted by atomic mass is 32.2. The van der Waals surface area contributed by atoms with Crippen LogP contribution in [-0.4, -0.2) is 27.5 Å². The first-order valence-corrected chi connectivity index (χ1v) is 11.1. The van der Waals surface area contributed by atoms with Crippen LogP contribution in [0.5, 0.6) is 5.75 Å². The number of rotatable bonds is 6. The SMILES string of the molecule is CCOc1ccc(S(=O)(=O)Nc2ccc3c(c2)N(C(=O)C2CC2)CC3)cc1C. The lowest BCUT2D eigenvalue weighted by Crippen LogP contribution is -2.30. The highest BCUT2D eigenvalue weighted by molar-refractivity contribution is 7.92. The fourth-order valence-corrected chi connectivity index (χ4v) is 4.68. The smallest absolute Gasteiger partial charge is 0.261 e. The van der Waals surface area contributed by atoms with E-state index in [0.29, 0.717) is 24.6 Å². The van der Waals surface area contributed by atoms with Gasteiger partial charge in [-0.15, -0.1) is 0 Å². The highest BCUT2D eigenvalue weighted by Gasteiger charge is 2.36. The van der Waals surface area contributed by atoms with Gasteiger partial charge in [0.1, 0.15) is 5.75 Å². The Bertz CT molecular complexity index is 1030. The summed E-state index contributed by atoms with van der Waals surface area (Å²) in [5.41, 5.74) is 3.12. The lowest BCUT2D eigenvalue weighted by Gasteiger charge is -2.18. The maximum atomic E-state index is 12.8. The molecule has 0 aromatic heterocycles. The molecule has 6 nitrogen and oxygen atoms in total. The van der Waals surface area contributed by atoms with E-state index in [-0.39, 0.29) is 16.7 Å². The van der Waals surface area contributed by atoms with E-state index in [1.54, 1.807) is 29.2 Å². The Morgan fingerprint density at radius 3 is 2.68 bits per heavy atom. The molecule has 7 heteroatoms. The number of benzene rings is 2. The first kappa shape index (κ1) is 18.8. The monoisotopic (exact) mass is 400 g/mol. The Balaban J connectivity index is 1.58. The molecule has 28 heavy (non-hydrogen) atoms. The van der Waals surface area contributed by atoms with Crippen LogP contribution in [0.1, 0.15) is 30.9 Å². The van der Waals surface area contributed by atoms with Crippen molar-refractivity contribution < 1.29 is 17.9 Å². The first-order chi connectivity index (χ1) is 13.4. The average Bonchev–Trinajstić information content (AvgIpc) is 3.42. The van der Waals surface area contributed by atoms with Crippen molar-refractivity contribution in [2.75, 3.05) is 22.8 Å². The Morgan fingerprint density at radius 2 is 2.00 bits per heavy atom. The number of sulfonamides is 1. The number of amides is 1. The molecule has 148 valence electrons. The minimum absolute atomic E-state index is 0.137. The summed E-state index contributed by atoms with van der Waals surface area (Å²) in [6.45, 7) is 4.90. The molecule has 4 rings (SSSR count). The van der Waals surface area contributed by atoms with Crippen LogP contribution in [0.25, 0.3) is 0 Å². The molecule has 0 saturated heterocycles. The van der Waals surface area contributed by atoms with Crippen molar-refractivity contribution >= 4 is 27.3 Å². The van der Waals surface area contributed by atoms with Gasteiger partial charge in [-0.2, -0.15) is 0 Å². The van der Waals surface area contributed by atoms with Crippen molar-refractivity contribution in [1.82, 2.24) is 0 Å². The minimum Gasteiger partial charge on any atom is -0.494 e. The fourth-order valence-electron chi connectivity index (χ4n) is 3.54. The summed E-state index contributed by atoms with van der Waals surface area (Å²) < 4.78 is 33.8. The van der Waals surface area contributed by atoms with E-state index < -0.39 is 10.0 Å². The number of fused-ring (bicyclic) bond motifs is 1. The number of hydrogen-bond donors (Lipinski definition) is 1. The zero-order valence-corrected chi connectivity index (χ0v) is 16.9. The van der Waals surface area contributed by atoms with E-state index in [2.05, 4.69) is 4.72 Å². The molecule has 1 saturated carbocycles. The summed E-state index contributed by atoms with van der Waals surface area (Å²) in [4.78, 5) is 14.5. The predicted octanol–water partition coefficient (Wildman–Crippen LogP) is 3.49. The fraction of sp³-hybridized carbons (Fsp3) is 0.381. The summed E-state index contributed by atoms with van der Waals surface area (Å²) in [6.07, 6.45) is 2.71. The van der Waals surface area contributed by atoms with Crippen molar-refractivity contribution in [2.45, 2.75) is 38.0 Å². The van der Waals surface area contributed by atoms with E-state index in [0.717, 1.165) is 36.1 Å². The normalized spacial score (nSPS) is 16.0. The molecule has 1 fully saturated rings. The van der Waals surface area contributed by atoms with Crippen LogP contribution in [0.2, 0.25) is 0 Å². The van der Waals surface area contributed by atoms with Gasteiger partial charge in [-0.05, 0) is 74.6 Å². The molecular weight excluding hydrogens is 376 g/mol. The molecule has 2 aliphatic rings. The number of anilines is 2. The zero-order chi connectivity index (χ0) is 19.9. The summed E-state index contributed by atoms with van der Waals surface area (Å²) in [6, 6.07) is 10.2. The summed E-state index contributed by atoms with van der Waals surface area (Å²) in [5.74, 6) is 0.965. The summed E-state index contributed by atoms with van der Waals surface area (Å²) in [5, 5.41) is 0. The molecule has 1 N–H and O–H groups in total. The molecule has 2 aromatic rings. The molecule has 1 aliphatic heterocycles. The van der Waals surface area contributed by atoms with Gasteiger partial charge in [0.15, 0.2) is 0 Å².